The molecule has 2 rings (SSSR count). The molecule has 0 aliphatic rings. The van der Waals surface area contributed by atoms with Crippen molar-refractivity contribution in [2.45, 2.75) is 20.8 Å². The van der Waals surface area contributed by atoms with Gasteiger partial charge >= 0.3 is 7.25 Å². The van der Waals surface area contributed by atoms with Crippen molar-refractivity contribution in [1.82, 2.24) is 0 Å². The Morgan fingerprint density at radius 1 is 0.828 bits per heavy atom. The smallest absolute Gasteiger partial charge is 0.479 e. The summed E-state index contributed by atoms with van der Waals surface area (Å²) < 4.78 is 10.1. The number of rotatable bonds is 7. The molecule has 0 atom stereocenters. The summed E-state index contributed by atoms with van der Waals surface area (Å²) in [5, 5.41) is 12.0. The molecule has 0 saturated carbocycles. The lowest BCUT2D eigenvalue weighted by Crippen LogP contribution is -2.44. The van der Waals surface area contributed by atoms with Crippen LogP contribution in [0, 0.1) is 0 Å². The SMILES string of the molecule is CC(=O)OB(OC(C)=O)N(N=C(N=Nc1ccccc1)C(C)=O)c1ccccc1. The minimum Gasteiger partial charge on any atom is -0.479 e. The molecule has 9 nitrogen and oxygen atoms in total. The number of amidine groups is 1. The van der Waals surface area contributed by atoms with Crippen molar-refractivity contribution in [2.75, 3.05) is 4.92 Å². The Hall–Kier alpha value is -3.82. The van der Waals surface area contributed by atoms with Crippen LogP contribution in [0.4, 0.5) is 11.4 Å². The Bertz CT molecular complexity index is 903. The predicted octanol–water partition coefficient (Wildman–Crippen LogP) is 3.29. The van der Waals surface area contributed by atoms with Crippen LogP contribution >= 0.6 is 0 Å². The van der Waals surface area contributed by atoms with Gasteiger partial charge in [-0.1, -0.05) is 36.4 Å². The van der Waals surface area contributed by atoms with Crippen LogP contribution in [0.15, 0.2) is 76.0 Å². The Morgan fingerprint density at radius 2 is 1.34 bits per heavy atom. The van der Waals surface area contributed by atoms with Crippen LogP contribution in [0.3, 0.4) is 0 Å². The van der Waals surface area contributed by atoms with Crippen molar-refractivity contribution in [1.29, 1.82) is 0 Å². The summed E-state index contributed by atoms with van der Waals surface area (Å²) in [6, 6.07) is 17.2. The van der Waals surface area contributed by atoms with Crippen molar-refractivity contribution in [3.63, 3.8) is 0 Å². The molecule has 2 aromatic carbocycles. The molecule has 0 heterocycles. The largest absolute Gasteiger partial charge is 0.764 e. The number of carbonyl (C=O) groups is 3. The molecule has 0 radical (unpaired) electrons. The first-order valence-corrected chi connectivity index (χ1v) is 8.62. The molecule has 29 heavy (non-hydrogen) atoms. The molecule has 0 saturated heterocycles. The van der Waals surface area contributed by atoms with Crippen LogP contribution in [0.25, 0.3) is 0 Å². The number of hydrogen-bond donors (Lipinski definition) is 0. The average molecular weight is 394 g/mol. The highest BCUT2D eigenvalue weighted by Gasteiger charge is 2.37. The second-order valence-corrected chi connectivity index (χ2v) is 5.72. The van der Waals surface area contributed by atoms with Gasteiger partial charge in [0, 0.05) is 20.8 Å². The van der Waals surface area contributed by atoms with Gasteiger partial charge in [-0.2, -0.15) is 5.10 Å². The molecule has 0 aliphatic heterocycles. The molecule has 2 aromatic rings. The van der Waals surface area contributed by atoms with Crippen LogP contribution in [-0.4, -0.2) is 30.8 Å². The number of anilines is 1. The van der Waals surface area contributed by atoms with Gasteiger partial charge in [0.05, 0.1) is 11.4 Å². The highest BCUT2D eigenvalue weighted by atomic mass is 16.7. The van der Waals surface area contributed by atoms with Gasteiger partial charge in [0.1, 0.15) is 0 Å². The Balaban J connectivity index is 2.49. The minimum absolute atomic E-state index is 0.276. The van der Waals surface area contributed by atoms with Crippen LogP contribution in [0.2, 0.25) is 0 Å². The van der Waals surface area contributed by atoms with Crippen molar-refractivity contribution in [3.8, 4) is 0 Å². The van der Waals surface area contributed by atoms with E-state index in [4.69, 9.17) is 9.31 Å². The van der Waals surface area contributed by atoms with E-state index in [1.54, 1.807) is 54.6 Å². The number of benzene rings is 2. The van der Waals surface area contributed by atoms with Crippen molar-refractivity contribution < 1.29 is 23.7 Å². The number of hydrazone groups is 1. The average Bonchev–Trinajstić information content (AvgIpc) is 2.68. The van der Waals surface area contributed by atoms with E-state index in [9.17, 15) is 14.4 Å². The first-order chi connectivity index (χ1) is 13.9. The minimum atomic E-state index is -1.53. The van der Waals surface area contributed by atoms with E-state index in [0.717, 1.165) is 18.8 Å². The number of Topliss-reactive ketones (excluding diaryl/α,β-unsaturated/α-hetero) is 1. The summed E-state index contributed by atoms with van der Waals surface area (Å²) in [5.74, 6) is -2.18. The van der Waals surface area contributed by atoms with E-state index in [1.807, 2.05) is 6.07 Å². The summed E-state index contributed by atoms with van der Waals surface area (Å²) in [6.07, 6.45) is 0. The number of hydrogen-bond acceptors (Lipinski definition) is 8. The lowest BCUT2D eigenvalue weighted by Gasteiger charge is -2.23. The molecule has 0 N–H and O–H groups in total. The molecular weight excluding hydrogens is 375 g/mol. The third kappa shape index (κ3) is 7.02. The summed E-state index contributed by atoms with van der Waals surface area (Å²) in [5.41, 5.74) is 0.915. The molecule has 0 bridgehead atoms. The van der Waals surface area contributed by atoms with Crippen LogP contribution in [0.5, 0.6) is 0 Å². The van der Waals surface area contributed by atoms with E-state index < -0.39 is 25.0 Å². The van der Waals surface area contributed by atoms with Crippen molar-refractivity contribution in [3.05, 3.63) is 60.7 Å². The van der Waals surface area contributed by atoms with Gasteiger partial charge in [0.2, 0.25) is 11.6 Å². The zero-order chi connectivity index (χ0) is 21.2. The van der Waals surface area contributed by atoms with Gasteiger partial charge in [-0.3, -0.25) is 14.4 Å². The standard InChI is InChI=1S/C19H19BN4O5/c1-14(25)19(22-21-17-10-6-4-7-11-17)23-24(18-12-8-5-9-13-18)20(28-15(2)26)29-16(3)27/h4-13H,1-3H3. The fraction of sp³-hybridized carbons (Fsp3) is 0.158. The second-order valence-electron chi connectivity index (χ2n) is 5.72. The highest BCUT2D eigenvalue weighted by molar-refractivity contribution is 6.54. The van der Waals surface area contributed by atoms with Crippen molar-refractivity contribution >= 4 is 42.2 Å². The number of ketones is 1. The highest BCUT2D eigenvalue weighted by Crippen LogP contribution is 2.18. The lowest BCUT2D eigenvalue weighted by molar-refractivity contribution is -0.137. The fourth-order valence-corrected chi connectivity index (χ4v) is 2.08. The third-order valence-electron chi connectivity index (χ3n) is 3.29. The quantitative estimate of drug-likeness (QED) is 0.234. The molecule has 10 heteroatoms. The van der Waals surface area contributed by atoms with E-state index in [1.165, 1.54) is 6.92 Å². The molecule has 0 amide bonds. The van der Waals surface area contributed by atoms with Gasteiger partial charge in [-0.15, -0.1) is 10.2 Å². The maximum atomic E-state index is 12.1. The maximum Gasteiger partial charge on any atom is 0.764 e. The topological polar surface area (TPSA) is 110 Å². The summed E-state index contributed by atoms with van der Waals surface area (Å²) >= 11 is 0. The van der Waals surface area contributed by atoms with E-state index in [2.05, 4.69) is 15.3 Å². The van der Waals surface area contributed by atoms with Gasteiger partial charge in [0.25, 0.3) is 11.9 Å². The number of nitrogens with zero attached hydrogens (tertiary/aromatic N) is 4. The second kappa shape index (κ2) is 10.5. The number of para-hydroxylation sites is 1. The Kier molecular flexibility index (Phi) is 7.78. The zero-order valence-electron chi connectivity index (χ0n) is 16.2. The Morgan fingerprint density at radius 3 is 1.83 bits per heavy atom. The van der Waals surface area contributed by atoms with E-state index >= 15 is 0 Å². The molecule has 0 spiro atoms. The van der Waals surface area contributed by atoms with Crippen LogP contribution in [0.1, 0.15) is 20.8 Å². The third-order valence-corrected chi connectivity index (χ3v) is 3.29. The first kappa shape index (κ1) is 21.5. The van der Waals surface area contributed by atoms with Crippen molar-refractivity contribution in [2.24, 2.45) is 15.3 Å². The lowest BCUT2D eigenvalue weighted by atomic mass is 10.1. The van der Waals surface area contributed by atoms with Crippen LogP contribution < -0.4 is 4.92 Å². The summed E-state index contributed by atoms with van der Waals surface area (Å²) in [6.45, 7) is 3.58. The van der Waals surface area contributed by atoms with E-state index in [-0.39, 0.29) is 5.84 Å². The van der Waals surface area contributed by atoms with Gasteiger partial charge in [0.15, 0.2) is 0 Å². The van der Waals surface area contributed by atoms with Gasteiger partial charge in [-0.25, -0.2) is 4.92 Å². The summed E-state index contributed by atoms with van der Waals surface area (Å²) in [7, 11) is -1.53. The predicted molar refractivity (Wildman–Crippen MR) is 107 cm³/mol. The molecule has 0 aliphatic carbocycles. The van der Waals surface area contributed by atoms with E-state index in [0.29, 0.717) is 11.4 Å². The van der Waals surface area contributed by atoms with Gasteiger partial charge < -0.3 is 9.31 Å². The Labute approximate surface area is 168 Å². The normalized spacial score (nSPS) is 11.1. The maximum absolute atomic E-state index is 12.1. The van der Waals surface area contributed by atoms with Gasteiger partial charge in [-0.05, 0) is 24.3 Å². The first-order valence-electron chi connectivity index (χ1n) is 8.62. The summed E-state index contributed by atoms with van der Waals surface area (Å²) in [4.78, 5) is 36.2. The molecular formula is C19H19BN4O5. The van der Waals surface area contributed by atoms with Crippen LogP contribution in [-0.2, 0) is 23.7 Å². The zero-order valence-corrected chi connectivity index (χ0v) is 16.2. The molecule has 0 aromatic heterocycles. The number of carbonyl (C=O) groups excluding carboxylic acids is 3. The monoisotopic (exact) mass is 394 g/mol. The molecule has 0 fully saturated rings. The molecule has 0 unspecified atom stereocenters. The fourth-order valence-electron chi connectivity index (χ4n) is 2.08. The molecule has 148 valence electrons. The number of azo groups is 1.